The zero-order valence-corrected chi connectivity index (χ0v) is 21.2. The van der Waals surface area contributed by atoms with E-state index in [4.69, 9.17) is 9.73 Å². The van der Waals surface area contributed by atoms with Gasteiger partial charge in [-0.15, -0.1) is 24.0 Å². The fourth-order valence-electron chi connectivity index (χ4n) is 4.31. The SMILES string of the molecule is CCNC(=NCCC(=O)NC1CCCCC1)N1CCC(COCc2ccccc2)C1.I. The number of ether oxygens (including phenoxy) is 1. The van der Waals surface area contributed by atoms with Gasteiger partial charge < -0.3 is 20.3 Å². The molecule has 1 aliphatic heterocycles. The van der Waals surface area contributed by atoms with Crippen LogP contribution in [0.1, 0.15) is 57.4 Å². The van der Waals surface area contributed by atoms with Crippen molar-refractivity contribution in [1.29, 1.82) is 0 Å². The number of likely N-dealkylation sites (tertiary alicyclic amines) is 1. The largest absolute Gasteiger partial charge is 0.376 e. The number of amides is 1. The Morgan fingerprint density at radius 3 is 2.68 bits per heavy atom. The van der Waals surface area contributed by atoms with E-state index in [0.29, 0.717) is 31.5 Å². The van der Waals surface area contributed by atoms with E-state index < -0.39 is 0 Å². The molecular weight excluding hydrogens is 503 g/mol. The maximum absolute atomic E-state index is 12.2. The molecular formula is C24H39IN4O2. The summed E-state index contributed by atoms with van der Waals surface area (Å²) in [7, 11) is 0. The van der Waals surface area contributed by atoms with Gasteiger partial charge in [0.2, 0.25) is 5.91 Å². The number of halogens is 1. The lowest BCUT2D eigenvalue weighted by Gasteiger charge is -2.23. The number of hydrogen-bond donors (Lipinski definition) is 2. The summed E-state index contributed by atoms with van der Waals surface area (Å²) in [4.78, 5) is 19.3. The molecule has 7 heteroatoms. The third-order valence-corrected chi connectivity index (χ3v) is 5.96. The van der Waals surface area contributed by atoms with Crippen molar-refractivity contribution < 1.29 is 9.53 Å². The molecule has 0 aromatic heterocycles. The molecule has 1 saturated heterocycles. The van der Waals surface area contributed by atoms with Gasteiger partial charge in [-0.2, -0.15) is 0 Å². The molecule has 1 aromatic carbocycles. The number of nitrogens with zero attached hydrogens (tertiary/aromatic N) is 2. The lowest BCUT2D eigenvalue weighted by molar-refractivity contribution is -0.121. The lowest BCUT2D eigenvalue weighted by atomic mass is 9.95. The molecule has 1 saturated carbocycles. The monoisotopic (exact) mass is 542 g/mol. The highest BCUT2D eigenvalue weighted by Crippen LogP contribution is 2.18. The minimum atomic E-state index is 0. The number of aliphatic imine (C=N–C) groups is 1. The van der Waals surface area contributed by atoms with Crippen LogP contribution in [-0.2, 0) is 16.1 Å². The number of carbonyl (C=O) groups excluding carboxylic acids is 1. The van der Waals surface area contributed by atoms with Crippen molar-refractivity contribution >= 4 is 35.8 Å². The third kappa shape index (κ3) is 9.35. The van der Waals surface area contributed by atoms with E-state index in [0.717, 1.165) is 51.5 Å². The molecule has 1 aliphatic carbocycles. The van der Waals surface area contributed by atoms with E-state index in [1.807, 2.05) is 18.2 Å². The van der Waals surface area contributed by atoms with Gasteiger partial charge in [0, 0.05) is 38.0 Å². The zero-order chi connectivity index (χ0) is 21.0. The van der Waals surface area contributed by atoms with Crippen LogP contribution in [0.5, 0.6) is 0 Å². The fraction of sp³-hybridized carbons (Fsp3) is 0.667. The highest BCUT2D eigenvalue weighted by atomic mass is 127. The second-order valence-electron chi connectivity index (χ2n) is 8.49. The summed E-state index contributed by atoms with van der Waals surface area (Å²) in [6, 6.07) is 10.7. The van der Waals surface area contributed by atoms with Gasteiger partial charge in [0.1, 0.15) is 0 Å². The van der Waals surface area contributed by atoms with E-state index in [9.17, 15) is 4.79 Å². The van der Waals surface area contributed by atoms with Crippen LogP contribution in [0.15, 0.2) is 35.3 Å². The second-order valence-corrected chi connectivity index (χ2v) is 8.49. The summed E-state index contributed by atoms with van der Waals surface area (Å²) in [5.74, 6) is 1.58. The molecule has 2 fully saturated rings. The number of hydrogen-bond acceptors (Lipinski definition) is 3. The van der Waals surface area contributed by atoms with Crippen molar-refractivity contribution in [2.75, 3.05) is 32.8 Å². The number of guanidine groups is 1. The van der Waals surface area contributed by atoms with Crippen LogP contribution in [0.25, 0.3) is 0 Å². The van der Waals surface area contributed by atoms with Crippen molar-refractivity contribution in [3.63, 3.8) is 0 Å². The minimum absolute atomic E-state index is 0. The van der Waals surface area contributed by atoms with Crippen LogP contribution < -0.4 is 10.6 Å². The molecule has 6 nitrogen and oxygen atoms in total. The van der Waals surface area contributed by atoms with Gasteiger partial charge in [-0.25, -0.2) is 0 Å². The highest BCUT2D eigenvalue weighted by molar-refractivity contribution is 14.0. The van der Waals surface area contributed by atoms with Crippen LogP contribution in [0.4, 0.5) is 0 Å². The molecule has 0 radical (unpaired) electrons. The van der Waals surface area contributed by atoms with E-state index in [1.165, 1.54) is 24.8 Å². The van der Waals surface area contributed by atoms with E-state index >= 15 is 0 Å². The second kappa shape index (κ2) is 14.7. The first-order chi connectivity index (χ1) is 14.7. The minimum Gasteiger partial charge on any atom is -0.376 e. The summed E-state index contributed by atoms with van der Waals surface area (Å²) in [5.41, 5.74) is 1.22. The molecule has 1 amide bonds. The number of carbonyl (C=O) groups is 1. The summed E-state index contributed by atoms with van der Waals surface area (Å²) in [6.45, 7) is 6.83. The fourth-order valence-corrected chi connectivity index (χ4v) is 4.31. The molecule has 1 aromatic rings. The predicted molar refractivity (Wildman–Crippen MR) is 137 cm³/mol. The van der Waals surface area contributed by atoms with Gasteiger partial charge >= 0.3 is 0 Å². The van der Waals surface area contributed by atoms with Gasteiger partial charge in [-0.05, 0) is 31.7 Å². The Hall–Kier alpha value is -1.35. The Balaban J connectivity index is 0.00000341. The lowest BCUT2D eigenvalue weighted by Crippen LogP contribution is -2.40. The number of benzene rings is 1. The Kier molecular flexibility index (Phi) is 12.3. The van der Waals surface area contributed by atoms with Crippen LogP contribution in [0.3, 0.4) is 0 Å². The van der Waals surface area contributed by atoms with Crippen LogP contribution in [0.2, 0.25) is 0 Å². The van der Waals surface area contributed by atoms with Crippen LogP contribution >= 0.6 is 24.0 Å². The third-order valence-electron chi connectivity index (χ3n) is 5.96. The van der Waals surface area contributed by atoms with E-state index in [2.05, 4.69) is 34.6 Å². The maximum atomic E-state index is 12.2. The van der Waals surface area contributed by atoms with Gasteiger partial charge in [0.25, 0.3) is 0 Å². The summed E-state index contributed by atoms with van der Waals surface area (Å²) >= 11 is 0. The molecule has 0 bridgehead atoms. The summed E-state index contributed by atoms with van der Waals surface area (Å²) < 4.78 is 5.94. The smallest absolute Gasteiger partial charge is 0.222 e. The molecule has 0 spiro atoms. The summed E-state index contributed by atoms with van der Waals surface area (Å²) in [6.07, 6.45) is 7.59. The highest BCUT2D eigenvalue weighted by Gasteiger charge is 2.25. The average Bonchev–Trinajstić information content (AvgIpc) is 3.23. The first-order valence-electron chi connectivity index (χ1n) is 11.7. The van der Waals surface area contributed by atoms with Crippen molar-refractivity contribution in [3.8, 4) is 0 Å². The van der Waals surface area contributed by atoms with Gasteiger partial charge in [-0.1, -0.05) is 49.6 Å². The van der Waals surface area contributed by atoms with Crippen LogP contribution in [-0.4, -0.2) is 55.6 Å². The normalized spacial score (nSPS) is 19.7. The average molecular weight is 543 g/mol. The van der Waals surface area contributed by atoms with E-state index in [1.54, 1.807) is 0 Å². The van der Waals surface area contributed by atoms with Gasteiger partial charge in [0.15, 0.2) is 5.96 Å². The van der Waals surface area contributed by atoms with Gasteiger partial charge in [0.05, 0.1) is 19.8 Å². The van der Waals surface area contributed by atoms with Crippen molar-refractivity contribution in [2.45, 2.75) is 64.5 Å². The Morgan fingerprint density at radius 1 is 1.16 bits per heavy atom. The Morgan fingerprint density at radius 2 is 1.94 bits per heavy atom. The molecule has 1 heterocycles. The van der Waals surface area contributed by atoms with Crippen molar-refractivity contribution in [2.24, 2.45) is 10.9 Å². The number of nitrogens with one attached hydrogen (secondary N) is 2. The Bertz CT molecular complexity index is 665. The topological polar surface area (TPSA) is 66.0 Å². The Labute approximate surface area is 204 Å². The molecule has 1 unspecified atom stereocenters. The molecule has 31 heavy (non-hydrogen) atoms. The first kappa shape index (κ1) is 25.9. The number of rotatable bonds is 9. The summed E-state index contributed by atoms with van der Waals surface area (Å²) in [5, 5.41) is 6.56. The predicted octanol–water partition coefficient (Wildman–Crippen LogP) is 3.95. The quantitative estimate of drug-likeness (QED) is 0.282. The van der Waals surface area contributed by atoms with E-state index in [-0.39, 0.29) is 29.9 Å². The molecule has 3 rings (SSSR count). The molecule has 2 aliphatic rings. The van der Waals surface area contributed by atoms with Crippen molar-refractivity contribution in [1.82, 2.24) is 15.5 Å². The molecule has 2 N–H and O–H groups in total. The van der Waals surface area contributed by atoms with Crippen molar-refractivity contribution in [3.05, 3.63) is 35.9 Å². The standard InChI is InChI=1S/C24H38N4O2.HI/c1-2-25-24(26-15-13-23(29)27-22-11-7-4-8-12-22)28-16-14-21(17-28)19-30-18-20-9-5-3-6-10-20;/h3,5-6,9-10,21-22H,2,4,7-8,11-19H2,1H3,(H,25,26)(H,27,29);1H. The molecule has 174 valence electrons. The van der Waals surface area contributed by atoms with Gasteiger partial charge in [-0.3, -0.25) is 9.79 Å². The maximum Gasteiger partial charge on any atom is 0.222 e. The van der Waals surface area contributed by atoms with Crippen LogP contribution in [0, 0.1) is 5.92 Å². The first-order valence-corrected chi connectivity index (χ1v) is 11.7. The zero-order valence-electron chi connectivity index (χ0n) is 18.9. The molecule has 1 atom stereocenters.